The minimum atomic E-state index is -3.90. The van der Waals surface area contributed by atoms with Crippen LogP contribution in [0.3, 0.4) is 0 Å². The molecule has 0 heterocycles. The quantitative estimate of drug-likeness (QED) is 0.0507. The molecule has 0 aromatic carbocycles. The molecule has 0 amide bonds. The van der Waals surface area contributed by atoms with E-state index in [0.717, 1.165) is 25.7 Å². The van der Waals surface area contributed by atoms with Crippen LogP contribution in [0.5, 0.6) is 0 Å². The number of rotatable bonds is 42. The van der Waals surface area contributed by atoms with E-state index in [4.69, 9.17) is 9.05 Å². The second kappa shape index (κ2) is 39.8. The molecule has 1 N–H and O–H groups in total. The van der Waals surface area contributed by atoms with Crippen molar-refractivity contribution in [3.8, 4) is 0 Å². The number of hydrogen-bond donors (Lipinski definition) is 1. The third-order valence-corrected chi connectivity index (χ3v) is 11.0. The highest BCUT2D eigenvalue weighted by Crippen LogP contribution is 2.43. The maximum Gasteiger partial charge on any atom is 0.472 e. The lowest BCUT2D eigenvalue weighted by molar-refractivity contribution is 0.145. The highest BCUT2D eigenvalue weighted by atomic mass is 31.2. The molecule has 5 nitrogen and oxygen atoms in total. The van der Waals surface area contributed by atoms with Crippen LogP contribution >= 0.6 is 7.82 Å². The van der Waals surface area contributed by atoms with Crippen molar-refractivity contribution in [3.63, 3.8) is 0 Å². The van der Waals surface area contributed by atoms with Gasteiger partial charge in [0.1, 0.15) is 0 Å². The topological polar surface area (TPSA) is 59.0 Å². The molecular weight excluding hydrogens is 613 g/mol. The second-order valence-electron chi connectivity index (χ2n) is 14.9. The maximum absolute atomic E-state index is 12.2. The molecule has 0 saturated heterocycles. The van der Waals surface area contributed by atoms with Crippen molar-refractivity contribution in [3.05, 3.63) is 0 Å². The standard InChI is InChI=1S/C42H88NO4P/c1-4-7-10-13-16-19-22-26-31-36-41-46-48(44,45)47-42-37-32-27-25-30-35-40-43(38-33-28-23-20-17-14-11-8-5-2)39-34-29-24-21-18-15-12-9-6-3/h4-42H2,1-3H3,(H,44,45). The van der Waals surface area contributed by atoms with Gasteiger partial charge in [-0.2, -0.15) is 0 Å². The minimum Gasteiger partial charge on any atom is -0.303 e. The normalized spacial score (nSPS) is 13.1. The zero-order valence-corrected chi connectivity index (χ0v) is 34.0. The summed E-state index contributed by atoms with van der Waals surface area (Å²) in [6, 6.07) is 0. The number of unbranched alkanes of at least 4 members (excludes halogenated alkanes) is 30. The third kappa shape index (κ3) is 38.9. The van der Waals surface area contributed by atoms with Crippen molar-refractivity contribution >= 4 is 7.82 Å². The zero-order valence-electron chi connectivity index (χ0n) is 33.1. The van der Waals surface area contributed by atoms with Crippen molar-refractivity contribution in [2.75, 3.05) is 32.8 Å². The molecule has 0 saturated carbocycles. The Labute approximate surface area is 302 Å². The molecule has 0 aliphatic heterocycles. The fourth-order valence-electron chi connectivity index (χ4n) is 6.76. The van der Waals surface area contributed by atoms with Crippen molar-refractivity contribution in [1.82, 2.24) is 4.90 Å². The molecule has 0 aromatic heterocycles. The summed E-state index contributed by atoms with van der Waals surface area (Å²) in [6.07, 6.45) is 44.6. The maximum atomic E-state index is 12.2. The fraction of sp³-hybridized carbons (Fsp3) is 1.00. The number of phosphoric ester groups is 1. The van der Waals surface area contributed by atoms with Crippen LogP contribution in [0.25, 0.3) is 0 Å². The van der Waals surface area contributed by atoms with E-state index in [1.807, 2.05) is 0 Å². The monoisotopic (exact) mass is 702 g/mol. The molecule has 0 aliphatic rings. The summed E-state index contributed by atoms with van der Waals surface area (Å²) in [5.74, 6) is 0. The van der Waals surface area contributed by atoms with Crippen molar-refractivity contribution in [1.29, 1.82) is 0 Å². The van der Waals surface area contributed by atoms with E-state index in [-0.39, 0.29) is 0 Å². The summed E-state index contributed by atoms with van der Waals surface area (Å²) >= 11 is 0. The van der Waals surface area contributed by atoms with E-state index in [1.165, 1.54) is 212 Å². The second-order valence-corrected chi connectivity index (χ2v) is 16.4. The Balaban J connectivity index is 3.91. The molecule has 0 aliphatic carbocycles. The SMILES string of the molecule is CCCCCCCCCCCCOP(=O)(O)OCCCCCCCCN(CCCCCCCCCCC)CCCCCCCCCCC. The van der Waals surface area contributed by atoms with Gasteiger partial charge in [-0.15, -0.1) is 0 Å². The summed E-state index contributed by atoms with van der Waals surface area (Å²) < 4.78 is 22.6. The highest BCUT2D eigenvalue weighted by Gasteiger charge is 2.20. The van der Waals surface area contributed by atoms with Crippen LogP contribution in [0.15, 0.2) is 0 Å². The minimum absolute atomic E-state index is 0.317. The summed E-state index contributed by atoms with van der Waals surface area (Å²) in [5, 5.41) is 0. The smallest absolute Gasteiger partial charge is 0.303 e. The van der Waals surface area contributed by atoms with Crippen LogP contribution < -0.4 is 0 Å². The number of nitrogens with zero attached hydrogens (tertiary/aromatic N) is 1. The van der Waals surface area contributed by atoms with E-state index in [0.29, 0.717) is 13.2 Å². The lowest BCUT2D eigenvalue weighted by Crippen LogP contribution is -2.27. The van der Waals surface area contributed by atoms with Gasteiger partial charge in [-0.05, 0) is 51.7 Å². The molecule has 290 valence electrons. The first-order chi connectivity index (χ1) is 23.6. The summed E-state index contributed by atoms with van der Waals surface area (Å²) in [6.45, 7) is 11.3. The average molecular weight is 702 g/mol. The van der Waals surface area contributed by atoms with Crippen LogP contribution in [0.2, 0.25) is 0 Å². The van der Waals surface area contributed by atoms with Gasteiger partial charge in [-0.25, -0.2) is 4.57 Å². The zero-order chi connectivity index (χ0) is 35.1. The van der Waals surface area contributed by atoms with Gasteiger partial charge in [0, 0.05) is 0 Å². The van der Waals surface area contributed by atoms with E-state index >= 15 is 0 Å². The number of phosphoric acid groups is 1. The van der Waals surface area contributed by atoms with Crippen LogP contribution in [-0.4, -0.2) is 42.6 Å². The molecule has 0 fully saturated rings. The van der Waals surface area contributed by atoms with Gasteiger partial charge in [0.2, 0.25) is 0 Å². The molecule has 0 radical (unpaired) electrons. The summed E-state index contributed by atoms with van der Waals surface area (Å²) in [7, 11) is -3.90. The van der Waals surface area contributed by atoms with E-state index in [9.17, 15) is 9.46 Å². The Kier molecular flexibility index (Phi) is 39.9. The molecule has 0 aromatic rings. The summed E-state index contributed by atoms with van der Waals surface area (Å²) in [4.78, 5) is 12.7. The first kappa shape index (κ1) is 48.1. The Morgan fingerprint density at radius 2 is 0.562 bits per heavy atom. The Morgan fingerprint density at radius 1 is 0.354 bits per heavy atom. The van der Waals surface area contributed by atoms with E-state index in [1.54, 1.807) is 0 Å². The van der Waals surface area contributed by atoms with Gasteiger partial charge in [0.05, 0.1) is 13.2 Å². The first-order valence-corrected chi connectivity index (χ1v) is 23.4. The molecule has 1 unspecified atom stereocenters. The molecule has 1 atom stereocenters. The first-order valence-electron chi connectivity index (χ1n) is 21.9. The van der Waals surface area contributed by atoms with E-state index in [2.05, 4.69) is 25.7 Å². The third-order valence-electron chi connectivity index (χ3n) is 10.0. The van der Waals surface area contributed by atoms with Gasteiger partial charge >= 0.3 is 7.82 Å². The molecular formula is C42H88NO4P. The average Bonchev–Trinajstić information content (AvgIpc) is 3.08. The fourth-order valence-corrected chi connectivity index (χ4v) is 7.55. The number of hydrogen-bond acceptors (Lipinski definition) is 4. The lowest BCUT2D eigenvalue weighted by atomic mass is 10.1. The van der Waals surface area contributed by atoms with E-state index < -0.39 is 7.82 Å². The Bertz CT molecular complexity index is 627. The largest absolute Gasteiger partial charge is 0.472 e. The molecule has 0 spiro atoms. The predicted octanol–water partition coefficient (Wildman–Crippen LogP) is 14.7. The van der Waals surface area contributed by atoms with Gasteiger partial charge in [0.15, 0.2) is 0 Å². The molecule has 0 rings (SSSR count). The lowest BCUT2D eigenvalue weighted by Gasteiger charge is -2.22. The summed E-state index contributed by atoms with van der Waals surface area (Å²) in [5.41, 5.74) is 0. The Morgan fingerprint density at radius 3 is 0.812 bits per heavy atom. The highest BCUT2D eigenvalue weighted by molar-refractivity contribution is 7.47. The van der Waals surface area contributed by atoms with Gasteiger partial charge in [0.25, 0.3) is 0 Å². The van der Waals surface area contributed by atoms with Gasteiger partial charge < -0.3 is 9.79 Å². The molecule has 48 heavy (non-hydrogen) atoms. The molecule has 6 heteroatoms. The molecule has 0 bridgehead atoms. The van der Waals surface area contributed by atoms with Crippen molar-refractivity contribution < 1.29 is 18.5 Å². The van der Waals surface area contributed by atoms with Crippen LogP contribution in [-0.2, 0) is 13.6 Å². The van der Waals surface area contributed by atoms with Crippen molar-refractivity contribution in [2.45, 2.75) is 239 Å². The predicted molar refractivity (Wildman–Crippen MR) is 212 cm³/mol. The van der Waals surface area contributed by atoms with Gasteiger partial charge in [-0.3, -0.25) is 9.05 Å². The van der Waals surface area contributed by atoms with Crippen LogP contribution in [0.1, 0.15) is 239 Å². The van der Waals surface area contributed by atoms with Crippen molar-refractivity contribution in [2.24, 2.45) is 0 Å². The van der Waals surface area contributed by atoms with Crippen LogP contribution in [0.4, 0.5) is 0 Å². The Hall–Kier alpha value is 0.0700. The van der Waals surface area contributed by atoms with Crippen LogP contribution in [0, 0.1) is 0 Å². The van der Waals surface area contributed by atoms with Gasteiger partial charge in [-0.1, -0.05) is 207 Å².